The Kier molecular flexibility index (Phi) is 5.62. The van der Waals surface area contributed by atoms with Gasteiger partial charge in [0, 0.05) is 11.5 Å². The summed E-state index contributed by atoms with van der Waals surface area (Å²) in [7, 11) is 0. The topological polar surface area (TPSA) is 20.2 Å². The fraction of sp³-hybridized carbons (Fsp3) is 0.217. The highest BCUT2D eigenvalue weighted by Crippen LogP contribution is 2.30. The summed E-state index contributed by atoms with van der Waals surface area (Å²) in [6, 6.07) is 25.0. The van der Waals surface area contributed by atoms with E-state index in [0.29, 0.717) is 5.56 Å². The minimum atomic E-state index is -0.523. The van der Waals surface area contributed by atoms with Gasteiger partial charge in [0.1, 0.15) is 5.82 Å². The SMILES string of the molecule is C[C@H](O)[C@H](CCc1ccccc1)c1ccc(-c2ccccc2)c(F)c1. The summed E-state index contributed by atoms with van der Waals surface area (Å²) in [5, 5.41) is 10.2. The van der Waals surface area contributed by atoms with E-state index in [2.05, 4.69) is 12.1 Å². The first kappa shape index (κ1) is 17.4. The van der Waals surface area contributed by atoms with E-state index in [1.807, 2.05) is 60.7 Å². The Morgan fingerprint density at radius 3 is 2.12 bits per heavy atom. The largest absolute Gasteiger partial charge is 0.393 e. The van der Waals surface area contributed by atoms with Gasteiger partial charge in [-0.15, -0.1) is 0 Å². The average Bonchev–Trinajstić information content (AvgIpc) is 2.63. The molecule has 0 radical (unpaired) electrons. The summed E-state index contributed by atoms with van der Waals surface area (Å²) < 4.78 is 14.6. The summed E-state index contributed by atoms with van der Waals surface area (Å²) in [6.07, 6.45) is 1.12. The van der Waals surface area contributed by atoms with Gasteiger partial charge in [0.05, 0.1) is 6.10 Å². The molecule has 1 nitrogen and oxygen atoms in total. The minimum absolute atomic E-state index is 0.0838. The van der Waals surface area contributed by atoms with E-state index in [4.69, 9.17) is 0 Å². The van der Waals surface area contributed by atoms with Crippen LogP contribution in [0.15, 0.2) is 78.9 Å². The molecule has 0 saturated carbocycles. The van der Waals surface area contributed by atoms with Crippen molar-refractivity contribution < 1.29 is 9.50 Å². The molecule has 0 heterocycles. The molecule has 0 aromatic heterocycles. The molecule has 0 aliphatic rings. The second kappa shape index (κ2) is 8.09. The highest BCUT2D eigenvalue weighted by molar-refractivity contribution is 5.64. The summed E-state index contributed by atoms with van der Waals surface area (Å²) in [5.41, 5.74) is 3.54. The summed E-state index contributed by atoms with van der Waals surface area (Å²) in [5.74, 6) is -0.325. The van der Waals surface area contributed by atoms with Crippen LogP contribution in [-0.4, -0.2) is 11.2 Å². The number of halogens is 1. The van der Waals surface area contributed by atoms with E-state index in [1.54, 1.807) is 13.0 Å². The molecule has 1 N–H and O–H groups in total. The quantitative estimate of drug-likeness (QED) is 0.623. The molecule has 0 aliphatic heterocycles. The number of aliphatic hydroxyl groups is 1. The van der Waals surface area contributed by atoms with Crippen LogP contribution in [0.1, 0.15) is 30.4 Å². The molecule has 0 aliphatic carbocycles. The lowest BCUT2D eigenvalue weighted by Crippen LogP contribution is -2.16. The lowest BCUT2D eigenvalue weighted by molar-refractivity contribution is 0.157. The predicted octanol–water partition coefficient (Wildman–Crippen LogP) is 5.59. The van der Waals surface area contributed by atoms with E-state index in [0.717, 1.165) is 24.0 Å². The van der Waals surface area contributed by atoms with Gasteiger partial charge in [-0.3, -0.25) is 0 Å². The maximum Gasteiger partial charge on any atom is 0.131 e. The van der Waals surface area contributed by atoms with Gasteiger partial charge in [-0.2, -0.15) is 0 Å². The van der Waals surface area contributed by atoms with Gasteiger partial charge in [-0.25, -0.2) is 4.39 Å². The Bertz CT molecular complexity index is 797. The molecule has 128 valence electrons. The van der Waals surface area contributed by atoms with Gasteiger partial charge in [0.2, 0.25) is 0 Å². The molecule has 2 atom stereocenters. The van der Waals surface area contributed by atoms with Crippen LogP contribution >= 0.6 is 0 Å². The lowest BCUT2D eigenvalue weighted by atomic mass is 9.87. The van der Waals surface area contributed by atoms with E-state index in [1.165, 1.54) is 5.56 Å². The summed E-state index contributed by atoms with van der Waals surface area (Å²) in [4.78, 5) is 0. The zero-order valence-corrected chi connectivity index (χ0v) is 14.4. The first-order valence-corrected chi connectivity index (χ1v) is 8.72. The maximum absolute atomic E-state index is 14.6. The van der Waals surface area contributed by atoms with Gasteiger partial charge in [-0.1, -0.05) is 72.8 Å². The Morgan fingerprint density at radius 1 is 0.880 bits per heavy atom. The van der Waals surface area contributed by atoms with Gasteiger partial charge in [0.15, 0.2) is 0 Å². The van der Waals surface area contributed by atoms with Crippen molar-refractivity contribution in [2.75, 3.05) is 0 Å². The monoisotopic (exact) mass is 334 g/mol. The third-order valence-electron chi connectivity index (χ3n) is 4.68. The average molecular weight is 334 g/mol. The van der Waals surface area contributed by atoms with Crippen LogP contribution in [0.25, 0.3) is 11.1 Å². The smallest absolute Gasteiger partial charge is 0.131 e. The number of benzene rings is 3. The van der Waals surface area contributed by atoms with E-state index < -0.39 is 6.10 Å². The van der Waals surface area contributed by atoms with Gasteiger partial charge >= 0.3 is 0 Å². The molecule has 0 saturated heterocycles. The van der Waals surface area contributed by atoms with Crippen molar-refractivity contribution in [3.05, 3.63) is 95.8 Å². The van der Waals surface area contributed by atoms with E-state index >= 15 is 0 Å². The molecule has 0 spiro atoms. The molecule has 0 bridgehead atoms. The Labute approximate surface area is 148 Å². The Hall–Kier alpha value is -2.45. The highest BCUT2D eigenvalue weighted by Gasteiger charge is 2.19. The van der Waals surface area contributed by atoms with Crippen molar-refractivity contribution in [2.45, 2.75) is 31.8 Å². The van der Waals surface area contributed by atoms with Crippen molar-refractivity contribution in [3.8, 4) is 11.1 Å². The van der Waals surface area contributed by atoms with Crippen LogP contribution in [0.3, 0.4) is 0 Å². The second-order valence-electron chi connectivity index (χ2n) is 6.48. The maximum atomic E-state index is 14.6. The first-order valence-electron chi connectivity index (χ1n) is 8.72. The van der Waals surface area contributed by atoms with Crippen molar-refractivity contribution in [1.29, 1.82) is 0 Å². The van der Waals surface area contributed by atoms with Crippen molar-refractivity contribution in [1.82, 2.24) is 0 Å². The molecule has 0 amide bonds. The first-order chi connectivity index (χ1) is 12.1. The van der Waals surface area contributed by atoms with Gasteiger partial charge < -0.3 is 5.11 Å². The van der Waals surface area contributed by atoms with Crippen molar-refractivity contribution in [3.63, 3.8) is 0 Å². The van der Waals surface area contributed by atoms with Crippen LogP contribution in [0.5, 0.6) is 0 Å². The van der Waals surface area contributed by atoms with Gasteiger partial charge in [0.25, 0.3) is 0 Å². The lowest BCUT2D eigenvalue weighted by Gasteiger charge is -2.21. The molecule has 0 fully saturated rings. The number of hydrogen-bond donors (Lipinski definition) is 1. The zero-order chi connectivity index (χ0) is 17.6. The molecular weight excluding hydrogens is 311 g/mol. The fourth-order valence-electron chi connectivity index (χ4n) is 3.27. The number of aryl methyl sites for hydroxylation is 1. The third kappa shape index (κ3) is 4.34. The number of hydrogen-bond acceptors (Lipinski definition) is 1. The molecule has 3 aromatic rings. The van der Waals surface area contributed by atoms with Crippen LogP contribution in [0.2, 0.25) is 0 Å². The second-order valence-corrected chi connectivity index (χ2v) is 6.48. The predicted molar refractivity (Wildman–Crippen MR) is 101 cm³/mol. The van der Waals surface area contributed by atoms with E-state index in [-0.39, 0.29) is 11.7 Å². The Balaban J connectivity index is 1.81. The van der Waals surface area contributed by atoms with Crippen molar-refractivity contribution >= 4 is 0 Å². The van der Waals surface area contributed by atoms with Crippen molar-refractivity contribution in [2.24, 2.45) is 0 Å². The fourth-order valence-corrected chi connectivity index (χ4v) is 3.27. The van der Waals surface area contributed by atoms with Crippen LogP contribution in [-0.2, 0) is 6.42 Å². The summed E-state index contributed by atoms with van der Waals surface area (Å²) >= 11 is 0. The molecule has 3 rings (SSSR count). The van der Waals surface area contributed by atoms with Crippen LogP contribution < -0.4 is 0 Å². The molecule has 3 aromatic carbocycles. The standard InChI is InChI=1S/C23H23FO/c1-17(25)21(14-12-18-8-4-2-5-9-18)20-13-15-22(23(24)16-20)19-10-6-3-7-11-19/h2-11,13,15-17,21,25H,12,14H2,1H3/t17-,21-/m0/s1. The summed E-state index contributed by atoms with van der Waals surface area (Å²) in [6.45, 7) is 1.78. The Morgan fingerprint density at radius 2 is 1.52 bits per heavy atom. The minimum Gasteiger partial charge on any atom is -0.393 e. The van der Waals surface area contributed by atoms with Crippen LogP contribution in [0, 0.1) is 5.82 Å². The van der Waals surface area contributed by atoms with Crippen LogP contribution in [0.4, 0.5) is 4.39 Å². The molecular formula is C23H23FO. The molecule has 25 heavy (non-hydrogen) atoms. The van der Waals surface area contributed by atoms with Gasteiger partial charge in [-0.05, 0) is 42.5 Å². The molecule has 2 heteroatoms. The highest BCUT2D eigenvalue weighted by atomic mass is 19.1. The molecule has 0 unspecified atom stereocenters. The van der Waals surface area contributed by atoms with E-state index in [9.17, 15) is 9.50 Å². The third-order valence-corrected chi connectivity index (χ3v) is 4.68. The normalized spacial score (nSPS) is 13.4. The number of rotatable bonds is 6. The zero-order valence-electron chi connectivity index (χ0n) is 14.4. The number of aliphatic hydroxyl groups excluding tert-OH is 1.